The van der Waals surface area contributed by atoms with E-state index in [0.29, 0.717) is 29.1 Å². The van der Waals surface area contributed by atoms with E-state index in [4.69, 9.17) is 11.6 Å². The molecule has 0 saturated carbocycles. The summed E-state index contributed by atoms with van der Waals surface area (Å²) in [5.41, 5.74) is 2.81. The van der Waals surface area contributed by atoms with E-state index < -0.39 is 0 Å². The number of anilines is 1. The maximum atomic E-state index is 11.4. The predicted molar refractivity (Wildman–Crippen MR) is 86.8 cm³/mol. The van der Waals surface area contributed by atoms with Gasteiger partial charge in [-0.3, -0.25) is 0 Å². The van der Waals surface area contributed by atoms with Gasteiger partial charge in [-0.15, -0.1) is 0 Å². The lowest BCUT2D eigenvalue weighted by molar-refractivity contribution is 0.0600. The Morgan fingerprint density at radius 1 is 1.30 bits per heavy atom. The number of benzene rings is 1. The first-order valence-corrected chi connectivity index (χ1v) is 7.23. The number of halogens is 1. The molecule has 8 heteroatoms. The second-order valence-electron chi connectivity index (χ2n) is 4.82. The number of nitrogens with zero attached hydrogens (tertiary/aromatic N) is 4. The van der Waals surface area contributed by atoms with E-state index >= 15 is 0 Å². The Kier molecular flexibility index (Phi) is 4.12. The number of esters is 1. The molecule has 23 heavy (non-hydrogen) atoms. The third-order valence-corrected chi connectivity index (χ3v) is 3.57. The zero-order valence-electron chi connectivity index (χ0n) is 12.6. The molecule has 1 aromatic carbocycles. The molecular weight excluding hydrogens is 318 g/mol. The average Bonchev–Trinajstić information content (AvgIpc) is 2.96. The fraction of sp³-hybridized carbons (Fsp3) is 0.200. The molecule has 0 aliphatic carbocycles. The first-order chi connectivity index (χ1) is 11.1. The van der Waals surface area contributed by atoms with Gasteiger partial charge in [-0.2, -0.15) is 9.97 Å². The topological polar surface area (TPSA) is 81.9 Å². The van der Waals surface area contributed by atoms with Gasteiger partial charge in [0.05, 0.1) is 25.5 Å². The molecular formula is C15H14ClN5O2. The van der Waals surface area contributed by atoms with Crippen LogP contribution in [0.15, 0.2) is 30.6 Å². The minimum atomic E-state index is -0.359. The molecule has 3 aromatic rings. The van der Waals surface area contributed by atoms with Crippen molar-refractivity contribution in [3.05, 3.63) is 47.0 Å². The van der Waals surface area contributed by atoms with E-state index in [9.17, 15) is 4.79 Å². The summed E-state index contributed by atoms with van der Waals surface area (Å²) in [6, 6.07) is 7.17. The van der Waals surface area contributed by atoms with E-state index in [1.807, 2.05) is 16.7 Å². The van der Waals surface area contributed by atoms with Crippen molar-refractivity contribution in [2.75, 3.05) is 19.5 Å². The van der Waals surface area contributed by atoms with Crippen LogP contribution < -0.4 is 5.32 Å². The maximum absolute atomic E-state index is 11.4. The van der Waals surface area contributed by atoms with Crippen LogP contribution in [-0.2, 0) is 11.3 Å². The lowest BCUT2D eigenvalue weighted by Gasteiger charge is -2.06. The van der Waals surface area contributed by atoms with Crippen molar-refractivity contribution in [3.8, 4) is 0 Å². The van der Waals surface area contributed by atoms with Crippen LogP contribution in [0.5, 0.6) is 0 Å². The first kappa shape index (κ1) is 15.2. The smallest absolute Gasteiger partial charge is 0.337 e. The Balaban J connectivity index is 1.92. The molecule has 0 bridgehead atoms. The SMILES string of the molecule is CNc1nc(Cl)nc2c1ncn2Cc1ccc(C(=O)OC)cc1. The highest BCUT2D eigenvalue weighted by Crippen LogP contribution is 2.21. The number of imidazole rings is 1. The quantitative estimate of drug-likeness (QED) is 0.584. The van der Waals surface area contributed by atoms with Gasteiger partial charge in [0.15, 0.2) is 17.0 Å². The second kappa shape index (κ2) is 6.21. The predicted octanol–water partition coefficient (Wildman–Crippen LogP) is 2.36. The van der Waals surface area contributed by atoms with Crippen molar-refractivity contribution in [2.45, 2.75) is 6.54 Å². The molecule has 2 heterocycles. The normalized spacial score (nSPS) is 10.7. The summed E-state index contributed by atoms with van der Waals surface area (Å²) in [5, 5.41) is 3.11. The minimum absolute atomic E-state index is 0.157. The van der Waals surface area contributed by atoms with Crippen molar-refractivity contribution in [1.82, 2.24) is 19.5 Å². The zero-order chi connectivity index (χ0) is 16.4. The van der Waals surface area contributed by atoms with Crippen LogP contribution in [0.2, 0.25) is 5.28 Å². The lowest BCUT2D eigenvalue weighted by atomic mass is 10.1. The number of carbonyl (C=O) groups is 1. The third-order valence-electron chi connectivity index (χ3n) is 3.40. The molecule has 3 rings (SSSR count). The average molecular weight is 332 g/mol. The molecule has 1 N–H and O–H groups in total. The third kappa shape index (κ3) is 2.95. The number of rotatable bonds is 4. The number of ether oxygens (including phenoxy) is 1. The van der Waals surface area contributed by atoms with Gasteiger partial charge < -0.3 is 14.6 Å². The van der Waals surface area contributed by atoms with Gasteiger partial charge in [0, 0.05) is 7.05 Å². The van der Waals surface area contributed by atoms with Gasteiger partial charge in [0.25, 0.3) is 0 Å². The van der Waals surface area contributed by atoms with E-state index in [-0.39, 0.29) is 11.3 Å². The molecule has 0 radical (unpaired) electrons. The summed E-state index contributed by atoms with van der Waals surface area (Å²) in [7, 11) is 3.11. The van der Waals surface area contributed by atoms with Crippen LogP contribution in [0.3, 0.4) is 0 Å². The van der Waals surface area contributed by atoms with Gasteiger partial charge in [0.2, 0.25) is 5.28 Å². The van der Waals surface area contributed by atoms with Crippen LogP contribution in [0, 0.1) is 0 Å². The van der Waals surface area contributed by atoms with E-state index in [1.54, 1.807) is 25.5 Å². The second-order valence-corrected chi connectivity index (χ2v) is 5.16. The number of methoxy groups -OCH3 is 1. The molecule has 0 unspecified atom stereocenters. The van der Waals surface area contributed by atoms with E-state index in [0.717, 1.165) is 5.56 Å². The van der Waals surface area contributed by atoms with Crippen molar-refractivity contribution >= 4 is 34.6 Å². The summed E-state index contributed by atoms with van der Waals surface area (Å²) in [6.45, 7) is 0.550. The van der Waals surface area contributed by atoms with Crippen LogP contribution in [0.25, 0.3) is 11.2 Å². The summed E-state index contributed by atoms with van der Waals surface area (Å²) in [6.07, 6.45) is 1.69. The minimum Gasteiger partial charge on any atom is -0.465 e. The van der Waals surface area contributed by atoms with Crippen molar-refractivity contribution in [2.24, 2.45) is 0 Å². The van der Waals surface area contributed by atoms with E-state index in [2.05, 4.69) is 25.0 Å². The molecule has 0 atom stereocenters. The lowest BCUT2D eigenvalue weighted by Crippen LogP contribution is -2.03. The van der Waals surface area contributed by atoms with Crippen LogP contribution in [0.1, 0.15) is 15.9 Å². The highest BCUT2D eigenvalue weighted by atomic mass is 35.5. The van der Waals surface area contributed by atoms with Gasteiger partial charge in [0.1, 0.15) is 0 Å². The Morgan fingerprint density at radius 3 is 2.70 bits per heavy atom. The van der Waals surface area contributed by atoms with Crippen molar-refractivity contribution in [3.63, 3.8) is 0 Å². The molecule has 0 spiro atoms. The highest BCUT2D eigenvalue weighted by Gasteiger charge is 2.12. The molecule has 0 amide bonds. The summed E-state index contributed by atoms with van der Waals surface area (Å²) in [5.74, 6) is 0.225. The number of hydrogen-bond donors (Lipinski definition) is 1. The first-order valence-electron chi connectivity index (χ1n) is 6.85. The molecule has 0 saturated heterocycles. The number of nitrogens with one attached hydrogen (secondary N) is 1. The Labute approximate surface area is 137 Å². The molecule has 0 fully saturated rings. The van der Waals surface area contributed by atoms with Crippen LogP contribution in [0.4, 0.5) is 5.82 Å². The molecule has 2 aromatic heterocycles. The molecule has 0 aliphatic rings. The Bertz CT molecular complexity index is 860. The molecule has 118 valence electrons. The zero-order valence-corrected chi connectivity index (χ0v) is 13.3. The standard InChI is InChI=1S/C15H14ClN5O2/c1-17-12-11-13(20-15(16)19-12)21(8-18-11)7-9-3-5-10(6-4-9)14(22)23-2/h3-6,8H,7H2,1-2H3,(H,17,19,20). The number of aromatic nitrogens is 4. The Morgan fingerprint density at radius 2 is 2.04 bits per heavy atom. The van der Waals surface area contributed by atoms with Gasteiger partial charge in [-0.1, -0.05) is 12.1 Å². The number of carbonyl (C=O) groups excluding carboxylic acids is 1. The fourth-order valence-electron chi connectivity index (χ4n) is 2.27. The summed E-state index contributed by atoms with van der Waals surface area (Å²) < 4.78 is 6.56. The van der Waals surface area contributed by atoms with Gasteiger partial charge >= 0.3 is 5.97 Å². The number of hydrogen-bond acceptors (Lipinski definition) is 6. The van der Waals surface area contributed by atoms with E-state index in [1.165, 1.54) is 7.11 Å². The van der Waals surface area contributed by atoms with Gasteiger partial charge in [-0.05, 0) is 29.3 Å². The molecule has 7 nitrogen and oxygen atoms in total. The fourth-order valence-corrected chi connectivity index (χ4v) is 2.43. The van der Waals surface area contributed by atoms with Crippen LogP contribution >= 0.6 is 11.6 Å². The maximum Gasteiger partial charge on any atom is 0.337 e. The highest BCUT2D eigenvalue weighted by molar-refractivity contribution is 6.28. The largest absolute Gasteiger partial charge is 0.465 e. The number of fused-ring (bicyclic) bond motifs is 1. The monoisotopic (exact) mass is 331 g/mol. The molecule has 0 aliphatic heterocycles. The van der Waals surface area contributed by atoms with Gasteiger partial charge in [-0.25, -0.2) is 9.78 Å². The van der Waals surface area contributed by atoms with Crippen molar-refractivity contribution in [1.29, 1.82) is 0 Å². The van der Waals surface area contributed by atoms with Crippen molar-refractivity contribution < 1.29 is 9.53 Å². The van der Waals surface area contributed by atoms with Crippen LogP contribution in [-0.4, -0.2) is 39.6 Å². The summed E-state index contributed by atoms with van der Waals surface area (Å²) >= 11 is 5.95. The Hall–Kier alpha value is -2.67. The summed E-state index contributed by atoms with van der Waals surface area (Å²) in [4.78, 5) is 24.1.